The van der Waals surface area contributed by atoms with Gasteiger partial charge < -0.3 is 9.80 Å². The minimum atomic E-state index is 0.0422. The number of amides is 1. The van der Waals surface area contributed by atoms with Crippen molar-refractivity contribution in [1.82, 2.24) is 9.80 Å². The monoisotopic (exact) mass is 341 g/mol. The van der Waals surface area contributed by atoms with E-state index in [1.807, 2.05) is 4.90 Å². The molecule has 3 aliphatic rings. The first-order chi connectivity index (χ1) is 11.6. The molecule has 0 saturated carbocycles. The summed E-state index contributed by atoms with van der Waals surface area (Å²) in [6, 6.07) is 10.6. The minimum Gasteiger partial charge on any atom is -0.337 e. The van der Waals surface area contributed by atoms with Crippen molar-refractivity contribution in [2.24, 2.45) is 4.99 Å². The first-order valence-electron chi connectivity index (χ1n) is 8.64. The maximum absolute atomic E-state index is 13.1. The Morgan fingerprint density at radius 3 is 2.79 bits per heavy atom. The van der Waals surface area contributed by atoms with Crippen LogP contribution in [0.2, 0.25) is 0 Å². The molecule has 24 heavy (non-hydrogen) atoms. The molecule has 1 atom stereocenters. The van der Waals surface area contributed by atoms with Crippen LogP contribution in [0.15, 0.2) is 45.9 Å². The molecule has 1 amide bonds. The van der Waals surface area contributed by atoms with Gasteiger partial charge in [-0.05, 0) is 37.1 Å². The molecule has 4 rings (SSSR count). The van der Waals surface area contributed by atoms with E-state index in [9.17, 15) is 4.79 Å². The number of likely N-dealkylation sites (tertiary alicyclic amines) is 1. The number of carbonyl (C=O) groups excluding carboxylic acids is 1. The number of carbonyl (C=O) groups is 1. The lowest BCUT2D eigenvalue weighted by molar-refractivity contribution is -0.128. The smallest absolute Gasteiger partial charge is 0.262 e. The van der Waals surface area contributed by atoms with Crippen molar-refractivity contribution in [2.75, 3.05) is 26.2 Å². The van der Waals surface area contributed by atoms with Crippen LogP contribution >= 0.6 is 11.8 Å². The lowest BCUT2D eigenvalue weighted by Crippen LogP contribution is -2.47. The molecular formula is C19H23N3OS. The fourth-order valence-electron chi connectivity index (χ4n) is 3.94. The number of amidine groups is 1. The van der Waals surface area contributed by atoms with Gasteiger partial charge in [-0.1, -0.05) is 37.3 Å². The Morgan fingerprint density at radius 1 is 1.25 bits per heavy atom. The van der Waals surface area contributed by atoms with Gasteiger partial charge in [0, 0.05) is 30.7 Å². The number of nitrogens with zero attached hydrogens (tertiary/aromatic N) is 3. The molecule has 0 N–H and O–H groups in total. The minimum absolute atomic E-state index is 0.0422. The second kappa shape index (κ2) is 5.96. The summed E-state index contributed by atoms with van der Waals surface area (Å²) in [6.45, 7) is 7.73. The molecule has 4 nitrogen and oxygen atoms in total. The van der Waals surface area contributed by atoms with Crippen LogP contribution in [0.4, 0.5) is 0 Å². The van der Waals surface area contributed by atoms with Crippen molar-refractivity contribution in [3.8, 4) is 0 Å². The van der Waals surface area contributed by atoms with Crippen LogP contribution in [0.1, 0.15) is 32.3 Å². The van der Waals surface area contributed by atoms with Crippen molar-refractivity contribution in [3.63, 3.8) is 0 Å². The number of hydrogen-bond donors (Lipinski definition) is 0. The van der Waals surface area contributed by atoms with E-state index >= 15 is 0 Å². The van der Waals surface area contributed by atoms with Crippen molar-refractivity contribution < 1.29 is 4.79 Å². The number of allylic oxidation sites excluding steroid dienone is 1. The van der Waals surface area contributed by atoms with Crippen molar-refractivity contribution in [1.29, 1.82) is 0 Å². The summed E-state index contributed by atoms with van der Waals surface area (Å²) in [5, 5.41) is 0.999. The molecule has 1 saturated heterocycles. The van der Waals surface area contributed by atoms with Crippen LogP contribution in [0.3, 0.4) is 0 Å². The largest absolute Gasteiger partial charge is 0.337 e. The summed E-state index contributed by atoms with van der Waals surface area (Å²) in [7, 11) is 0. The lowest BCUT2D eigenvalue weighted by Gasteiger charge is -2.41. The van der Waals surface area contributed by atoms with Gasteiger partial charge in [-0.15, -0.1) is 0 Å². The molecule has 1 fully saturated rings. The highest BCUT2D eigenvalue weighted by molar-refractivity contribution is 8.18. The summed E-state index contributed by atoms with van der Waals surface area (Å²) in [5.74, 6) is 0.177. The quantitative estimate of drug-likeness (QED) is 0.829. The Labute approximate surface area is 147 Å². The summed E-state index contributed by atoms with van der Waals surface area (Å²) in [5.41, 5.74) is 2.45. The van der Waals surface area contributed by atoms with Gasteiger partial charge in [-0.2, -0.15) is 0 Å². The van der Waals surface area contributed by atoms with E-state index in [0.717, 1.165) is 54.8 Å². The lowest BCUT2D eigenvalue weighted by atomic mass is 9.76. The zero-order chi connectivity index (χ0) is 16.7. The third-order valence-corrected chi connectivity index (χ3v) is 6.58. The Kier molecular flexibility index (Phi) is 3.91. The third-order valence-electron chi connectivity index (χ3n) is 5.38. The molecule has 0 radical (unpaired) electrons. The average molecular weight is 341 g/mol. The molecule has 1 aromatic rings. The third kappa shape index (κ3) is 2.55. The molecule has 5 heteroatoms. The normalized spacial score (nSPS) is 26.7. The number of benzene rings is 1. The molecular weight excluding hydrogens is 318 g/mol. The number of hydrogen-bond acceptors (Lipinski definition) is 4. The number of thioether (sulfide) groups is 1. The van der Waals surface area contributed by atoms with Gasteiger partial charge in [0.05, 0.1) is 11.4 Å². The molecule has 3 heterocycles. The van der Waals surface area contributed by atoms with Gasteiger partial charge in [0.1, 0.15) is 0 Å². The maximum atomic E-state index is 13.1. The van der Waals surface area contributed by atoms with E-state index in [0.29, 0.717) is 0 Å². The van der Waals surface area contributed by atoms with E-state index in [4.69, 9.17) is 0 Å². The fourth-order valence-corrected chi connectivity index (χ4v) is 5.09. The molecule has 3 aliphatic heterocycles. The zero-order valence-electron chi connectivity index (χ0n) is 14.3. The average Bonchev–Trinajstić information content (AvgIpc) is 3.18. The molecule has 0 aromatic heterocycles. The number of piperidine rings is 1. The van der Waals surface area contributed by atoms with Gasteiger partial charge in [0.2, 0.25) is 0 Å². The predicted molar refractivity (Wildman–Crippen MR) is 98.9 cm³/mol. The number of aliphatic imine (C=N–C) groups is 1. The van der Waals surface area contributed by atoms with Crippen molar-refractivity contribution in [3.05, 3.63) is 46.5 Å². The summed E-state index contributed by atoms with van der Waals surface area (Å²) < 4.78 is 0. The van der Waals surface area contributed by atoms with Crippen molar-refractivity contribution >= 4 is 22.8 Å². The van der Waals surface area contributed by atoms with Crippen LogP contribution in [-0.2, 0) is 10.2 Å². The van der Waals surface area contributed by atoms with Crippen LogP contribution in [0, 0.1) is 0 Å². The molecule has 0 spiro atoms. The van der Waals surface area contributed by atoms with Gasteiger partial charge >= 0.3 is 0 Å². The Morgan fingerprint density at radius 2 is 2.04 bits per heavy atom. The highest BCUT2D eigenvalue weighted by Crippen LogP contribution is 2.39. The second-order valence-electron chi connectivity index (χ2n) is 7.09. The van der Waals surface area contributed by atoms with Gasteiger partial charge in [-0.3, -0.25) is 9.79 Å². The Balaban J connectivity index is 1.56. The Bertz CT molecular complexity index is 727. The second-order valence-corrected chi connectivity index (χ2v) is 8.07. The molecule has 1 unspecified atom stereocenters. The first-order valence-corrected chi connectivity index (χ1v) is 9.46. The first kappa shape index (κ1) is 15.8. The van der Waals surface area contributed by atoms with Gasteiger partial charge in [-0.25, -0.2) is 0 Å². The molecule has 0 aliphatic carbocycles. The fraction of sp³-hybridized carbons (Fsp3) is 0.474. The maximum Gasteiger partial charge on any atom is 0.262 e. The number of fused-ring (bicyclic) bond motifs is 1. The SMILES string of the molecule is CC1=C(C(=O)N2CCCC(C)(c3ccccc3)C2)SC2=NCCN21. The topological polar surface area (TPSA) is 35.9 Å². The summed E-state index contributed by atoms with van der Waals surface area (Å²) in [6.07, 6.45) is 2.18. The van der Waals surface area contributed by atoms with Gasteiger partial charge in [0.25, 0.3) is 5.91 Å². The molecule has 0 bridgehead atoms. The van der Waals surface area contributed by atoms with Crippen LogP contribution in [0.25, 0.3) is 0 Å². The van der Waals surface area contributed by atoms with E-state index in [1.165, 1.54) is 5.56 Å². The van der Waals surface area contributed by atoms with Crippen LogP contribution in [-0.4, -0.2) is 47.1 Å². The van der Waals surface area contributed by atoms with Crippen LogP contribution in [0.5, 0.6) is 0 Å². The highest BCUT2D eigenvalue weighted by atomic mass is 32.2. The zero-order valence-corrected chi connectivity index (χ0v) is 15.1. The summed E-state index contributed by atoms with van der Waals surface area (Å²) in [4.78, 5) is 22.7. The van der Waals surface area contributed by atoms with E-state index in [2.05, 4.69) is 54.1 Å². The molecule has 126 valence electrons. The molecule has 1 aromatic carbocycles. The van der Waals surface area contributed by atoms with Crippen LogP contribution < -0.4 is 0 Å². The van der Waals surface area contributed by atoms with E-state index < -0.39 is 0 Å². The standard InChI is InChI=1S/C19H23N3OS/c1-14-16(24-18-20-10-12-22(14)18)17(23)21-11-6-9-19(2,13-21)15-7-4-3-5-8-15/h3-5,7-8H,6,9-13H2,1-2H3. The van der Waals surface area contributed by atoms with Crippen molar-refractivity contribution in [2.45, 2.75) is 32.1 Å². The Hall–Kier alpha value is -1.75. The van der Waals surface area contributed by atoms with E-state index in [-0.39, 0.29) is 11.3 Å². The van der Waals surface area contributed by atoms with E-state index in [1.54, 1.807) is 11.8 Å². The van der Waals surface area contributed by atoms with Gasteiger partial charge in [0.15, 0.2) is 5.17 Å². The number of rotatable bonds is 2. The highest BCUT2D eigenvalue weighted by Gasteiger charge is 2.39. The summed E-state index contributed by atoms with van der Waals surface area (Å²) >= 11 is 1.55. The predicted octanol–water partition coefficient (Wildman–Crippen LogP) is 3.22.